The normalized spacial score (nSPS) is 19.8. The van der Waals surface area contributed by atoms with Crippen molar-refractivity contribution in [1.29, 1.82) is 0 Å². The van der Waals surface area contributed by atoms with Gasteiger partial charge in [-0.3, -0.25) is 10.1 Å². The minimum Gasteiger partial charge on any atom is -0.383 e. The summed E-state index contributed by atoms with van der Waals surface area (Å²) in [6, 6.07) is 1.92. The van der Waals surface area contributed by atoms with Crippen LogP contribution in [0.25, 0.3) is 11.4 Å². The first-order valence-corrected chi connectivity index (χ1v) is 7.40. The number of aromatic nitrogens is 4. The number of aromatic amines is 1. The molecular weight excluding hydrogens is 266 g/mol. The number of nitrogens with one attached hydrogen (secondary N) is 1. The van der Waals surface area contributed by atoms with Crippen molar-refractivity contribution in [3.05, 3.63) is 30.4 Å². The van der Waals surface area contributed by atoms with E-state index in [1.54, 1.807) is 19.5 Å². The predicted octanol–water partition coefficient (Wildman–Crippen LogP) is 1.69. The van der Waals surface area contributed by atoms with Gasteiger partial charge in [-0.05, 0) is 25.5 Å². The molecule has 0 spiro atoms. The van der Waals surface area contributed by atoms with Gasteiger partial charge in [0.25, 0.3) is 0 Å². The highest BCUT2D eigenvalue weighted by molar-refractivity contribution is 5.51. The van der Waals surface area contributed by atoms with Crippen LogP contribution in [0.5, 0.6) is 0 Å². The van der Waals surface area contributed by atoms with Gasteiger partial charge < -0.3 is 9.64 Å². The molecule has 6 nitrogen and oxygen atoms in total. The molecule has 6 heteroatoms. The van der Waals surface area contributed by atoms with Crippen LogP contribution in [-0.4, -0.2) is 58.4 Å². The standard InChI is InChI=1S/C15H21N5O/c1-21-8-7-20-6-2-3-12(11-20)14-9-16-10-15(18-14)13-4-5-17-19-13/h4-5,9-10,12H,2-3,6-8,11H2,1H3,(H,17,19)/t12-/m1/s1. The Balaban J connectivity index is 1.72. The van der Waals surface area contributed by atoms with Crippen molar-refractivity contribution in [1.82, 2.24) is 25.1 Å². The minimum atomic E-state index is 0.450. The fourth-order valence-corrected chi connectivity index (χ4v) is 2.83. The summed E-state index contributed by atoms with van der Waals surface area (Å²) in [4.78, 5) is 11.6. The lowest BCUT2D eigenvalue weighted by Gasteiger charge is -2.32. The van der Waals surface area contributed by atoms with Gasteiger partial charge in [0.2, 0.25) is 0 Å². The summed E-state index contributed by atoms with van der Waals surface area (Å²) < 4.78 is 5.17. The van der Waals surface area contributed by atoms with Crippen molar-refractivity contribution in [2.45, 2.75) is 18.8 Å². The highest BCUT2D eigenvalue weighted by Gasteiger charge is 2.22. The zero-order chi connectivity index (χ0) is 14.5. The van der Waals surface area contributed by atoms with Gasteiger partial charge in [-0.25, -0.2) is 4.98 Å². The molecule has 2 aromatic rings. The summed E-state index contributed by atoms with van der Waals surface area (Å²) in [6.07, 6.45) is 7.78. The SMILES string of the molecule is COCCN1CCC[C@@H](c2cncc(-c3ccn[nH]3)n2)C1. The summed E-state index contributed by atoms with van der Waals surface area (Å²) in [7, 11) is 1.75. The Morgan fingerprint density at radius 1 is 1.43 bits per heavy atom. The number of hydrogen-bond acceptors (Lipinski definition) is 5. The molecule has 3 heterocycles. The third kappa shape index (κ3) is 3.46. The van der Waals surface area contributed by atoms with E-state index in [2.05, 4.69) is 20.1 Å². The van der Waals surface area contributed by atoms with E-state index >= 15 is 0 Å². The third-order valence-corrected chi connectivity index (χ3v) is 3.97. The van der Waals surface area contributed by atoms with Crippen LogP contribution in [0.3, 0.4) is 0 Å². The molecule has 0 saturated carbocycles. The van der Waals surface area contributed by atoms with E-state index in [0.717, 1.165) is 43.3 Å². The van der Waals surface area contributed by atoms with Crippen molar-refractivity contribution in [2.75, 3.05) is 33.4 Å². The predicted molar refractivity (Wildman–Crippen MR) is 79.9 cm³/mol. The number of nitrogens with zero attached hydrogens (tertiary/aromatic N) is 4. The molecule has 1 aliphatic heterocycles. The number of rotatable bonds is 5. The topological polar surface area (TPSA) is 66.9 Å². The Morgan fingerprint density at radius 2 is 2.38 bits per heavy atom. The second-order valence-corrected chi connectivity index (χ2v) is 5.43. The third-order valence-electron chi connectivity index (χ3n) is 3.97. The monoisotopic (exact) mass is 287 g/mol. The molecule has 0 aromatic carbocycles. The van der Waals surface area contributed by atoms with Gasteiger partial charge in [-0.1, -0.05) is 0 Å². The molecule has 1 N–H and O–H groups in total. The molecule has 1 aliphatic rings. The molecule has 21 heavy (non-hydrogen) atoms. The van der Waals surface area contributed by atoms with E-state index in [0.29, 0.717) is 5.92 Å². The summed E-state index contributed by atoms with van der Waals surface area (Å²) in [5, 5.41) is 6.91. The molecule has 0 amide bonds. The summed E-state index contributed by atoms with van der Waals surface area (Å²) in [6.45, 7) is 3.95. The van der Waals surface area contributed by atoms with Crippen molar-refractivity contribution in [3.63, 3.8) is 0 Å². The average Bonchev–Trinajstić information content (AvgIpc) is 3.08. The molecule has 0 unspecified atom stereocenters. The Bertz CT molecular complexity index is 557. The lowest BCUT2D eigenvalue weighted by molar-refractivity contribution is 0.127. The van der Waals surface area contributed by atoms with E-state index in [4.69, 9.17) is 9.72 Å². The number of likely N-dealkylation sites (tertiary alicyclic amines) is 1. The van der Waals surface area contributed by atoms with Crippen molar-refractivity contribution < 1.29 is 4.74 Å². The van der Waals surface area contributed by atoms with E-state index < -0.39 is 0 Å². The molecule has 1 fully saturated rings. The lowest BCUT2D eigenvalue weighted by Crippen LogP contribution is -2.36. The van der Waals surface area contributed by atoms with Crippen LogP contribution in [0, 0.1) is 0 Å². The fraction of sp³-hybridized carbons (Fsp3) is 0.533. The number of methoxy groups -OCH3 is 1. The molecule has 1 saturated heterocycles. The van der Waals surface area contributed by atoms with Gasteiger partial charge >= 0.3 is 0 Å². The van der Waals surface area contributed by atoms with E-state index in [1.807, 2.05) is 12.3 Å². The van der Waals surface area contributed by atoms with Crippen molar-refractivity contribution in [2.24, 2.45) is 0 Å². The number of hydrogen-bond donors (Lipinski definition) is 1. The zero-order valence-corrected chi connectivity index (χ0v) is 12.3. The van der Waals surface area contributed by atoms with Crippen LogP contribution >= 0.6 is 0 Å². The molecule has 3 rings (SSSR count). The van der Waals surface area contributed by atoms with Gasteiger partial charge in [0, 0.05) is 38.5 Å². The Labute approximate surface area is 124 Å². The Hall–Kier alpha value is -1.79. The molecule has 1 atom stereocenters. The quantitative estimate of drug-likeness (QED) is 0.906. The summed E-state index contributed by atoms with van der Waals surface area (Å²) >= 11 is 0. The van der Waals surface area contributed by atoms with E-state index in [-0.39, 0.29) is 0 Å². The van der Waals surface area contributed by atoms with Crippen LogP contribution in [-0.2, 0) is 4.74 Å². The first-order valence-electron chi connectivity index (χ1n) is 7.40. The van der Waals surface area contributed by atoms with Crippen molar-refractivity contribution >= 4 is 0 Å². The van der Waals surface area contributed by atoms with Crippen LogP contribution in [0.2, 0.25) is 0 Å². The van der Waals surface area contributed by atoms with Crippen LogP contribution < -0.4 is 0 Å². The molecule has 0 radical (unpaired) electrons. The minimum absolute atomic E-state index is 0.450. The average molecular weight is 287 g/mol. The number of piperidine rings is 1. The summed E-state index contributed by atoms with van der Waals surface area (Å²) in [5.74, 6) is 0.450. The van der Waals surface area contributed by atoms with E-state index in [1.165, 1.54) is 12.8 Å². The summed E-state index contributed by atoms with van der Waals surface area (Å²) in [5.41, 5.74) is 2.85. The largest absolute Gasteiger partial charge is 0.383 e. The maximum absolute atomic E-state index is 5.17. The first kappa shape index (κ1) is 14.2. The van der Waals surface area contributed by atoms with Gasteiger partial charge in [-0.2, -0.15) is 5.10 Å². The Kier molecular flexibility index (Phi) is 4.57. The molecule has 0 aliphatic carbocycles. The lowest BCUT2D eigenvalue weighted by atomic mass is 9.95. The van der Waals surface area contributed by atoms with Gasteiger partial charge in [0.05, 0.1) is 24.2 Å². The second kappa shape index (κ2) is 6.78. The fourth-order valence-electron chi connectivity index (χ4n) is 2.83. The van der Waals surface area contributed by atoms with Crippen molar-refractivity contribution in [3.8, 4) is 11.4 Å². The van der Waals surface area contributed by atoms with Gasteiger partial charge in [0.1, 0.15) is 5.69 Å². The smallest absolute Gasteiger partial charge is 0.107 e. The highest BCUT2D eigenvalue weighted by Crippen LogP contribution is 2.26. The van der Waals surface area contributed by atoms with Crippen LogP contribution in [0.4, 0.5) is 0 Å². The molecule has 2 aromatic heterocycles. The maximum atomic E-state index is 5.17. The molecular formula is C15H21N5O. The van der Waals surface area contributed by atoms with Gasteiger partial charge in [-0.15, -0.1) is 0 Å². The second-order valence-electron chi connectivity index (χ2n) is 5.43. The highest BCUT2D eigenvalue weighted by atomic mass is 16.5. The molecule has 112 valence electrons. The zero-order valence-electron chi connectivity index (χ0n) is 12.3. The molecule has 0 bridgehead atoms. The van der Waals surface area contributed by atoms with Crippen LogP contribution in [0.1, 0.15) is 24.5 Å². The first-order chi connectivity index (χ1) is 10.4. The van der Waals surface area contributed by atoms with Gasteiger partial charge in [0.15, 0.2) is 0 Å². The number of ether oxygens (including phenoxy) is 1. The van der Waals surface area contributed by atoms with E-state index in [9.17, 15) is 0 Å². The van der Waals surface area contributed by atoms with Crippen LogP contribution in [0.15, 0.2) is 24.7 Å². The maximum Gasteiger partial charge on any atom is 0.107 e. The Morgan fingerprint density at radius 3 is 3.19 bits per heavy atom. The number of H-pyrrole nitrogens is 1.